The maximum absolute atomic E-state index is 13.2. The smallest absolute Gasteiger partial charge is 0.418 e. The number of hydrogen-bond acceptors (Lipinski definition) is 5. The number of carbonyl (C=O) groups is 3. The van der Waals surface area contributed by atoms with E-state index in [1.54, 1.807) is 20.8 Å². The largest absolute Gasteiger partial charge is 0.509 e. The van der Waals surface area contributed by atoms with Gasteiger partial charge in [-0.2, -0.15) is 0 Å². The fourth-order valence-electron chi connectivity index (χ4n) is 3.26. The number of benzene rings is 2. The van der Waals surface area contributed by atoms with Gasteiger partial charge in [-0.25, -0.2) is 14.5 Å². The Hall–Kier alpha value is -3.61. The van der Waals surface area contributed by atoms with E-state index in [4.69, 9.17) is 9.84 Å². The van der Waals surface area contributed by atoms with E-state index < -0.39 is 29.6 Å². The molecule has 156 valence electrons. The third-order valence-corrected chi connectivity index (χ3v) is 4.60. The first-order chi connectivity index (χ1) is 14.1. The van der Waals surface area contributed by atoms with Gasteiger partial charge in [0.1, 0.15) is 17.4 Å². The van der Waals surface area contributed by atoms with E-state index in [0.717, 1.165) is 10.5 Å². The summed E-state index contributed by atoms with van der Waals surface area (Å²) in [4.78, 5) is 38.0. The lowest BCUT2D eigenvalue weighted by atomic mass is 10.0. The molecule has 0 fully saturated rings. The van der Waals surface area contributed by atoms with Gasteiger partial charge in [0, 0.05) is 6.42 Å². The predicted octanol–water partition coefficient (Wildman–Crippen LogP) is 4.04. The average molecular weight is 409 g/mol. The Bertz CT molecular complexity index is 1000. The Labute approximate surface area is 174 Å². The molecule has 2 N–H and O–H groups in total. The molecule has 1 aliphatic rings. The fraction of sp³-hybridized carbons (Fsp3) is 0.261. The van der Waals surface area contributed by atoms with E-state index in [0.29, 0.717) is 5.56 Å². The van der Waals surface area contributed by atoms with Crippen molar-refractivity contribution in [3.8, 4) is 0 Å². The number of aromatic carboxylic acids is 1. The minimum Gasteiger partial charge on any atom is -0.509 e. The maximum atomic E-state index is 13.2. The minimum absolute atomic E-state index is 0.0428. The zero-order chi connectivity index (χ0) is 22.1. The van der Waals surface area contributed by atoms with Crippen LogP contribution in [0.25, 0.3) is 5.57 Å². The Morgan fingerprint density at radius 2 is 1.63 bits per heavy atom. The molecule has 0 unspecified atom stereocenters. The Morgan fingerprint density at radius 3 is 2.17 bits per heavy atom. The van der Waals surface area contributed by atoms with Crippen molar-refractivity contribution in [2.45, 2.75) is 38.8 Å². The number of aliphatic hydroxyl groups excluding tert-OH is 1. The molecule has 30 heavy (non-hydrogen) atoms. The lowest BCUT2D eigenvalue weighted by Gasteiger charge is -2.27. The zero-order valence-electron chi connectivity index (χ0n) is 17.0. The number of carbonyl (C=O) groups excluding carboxylic acids is 2. The number of aliphatic hydroxyl groups is 1. The van der Waals surface area contributed by atoms with E-state index in [9.17, 15) is 19.5 Å². The molecule has 1 aliphatic heterocycles. The van der Waals surface area contributed by atoms with Gasteiger partial charge >= 0.3 is 12.1 Å². The van der Waals surface area contributed by atoms with Crippen molar-refractivity contribution in [3.05, 3.63) is 77.0 Å². The number of amides is 2. The molecule has 2 aromatic rings. The van der Waals surface area contributed by atoms with Crippen LogP contribution in [0.5, 0.6) is 0 Å². The normalized spacial score (nSPS) is 16.7. The quantitative estimate of drug-likeness (QED) is 0.790. The highest BCUT2D eigenvalue weighted by Gasteiger charge is 2.45. The molecule has 0 bridgehead atoms. The number of nitrogens with zero attached hydrogens (tertiary/aromatic N) is 1. The van der Waals surface area contributed by atoms with Crippen LogP contribution < -0.4 is 0 Å². The van der Waals surface area contributed by atoms with Crippen molar-refractivity contribution >= 4 is 23.5 Å². The third-order valence-electron chi connectivity index (χ3n) is 4.60. The summed E-state index contributed by atoms with van der Waals surface area (Å²) in [7, 11) is 0. The molecule has 1 atom stereocenters. The molecule has 0 radical (unpaired) electrons. The number of carboxylic acids is 1. The van der Waals surface area contributed by atoms with Crippen molar-refractivity contribution in [3.63, 3.8) is 0 Å². The van der Waals surface area contributed by atoms with Crippen molar-refractivity contribution in [1.29, 1.82) is 0 Å². The van der Waals surface area contributed by atoms with E-state index in [2.05, 4.69) is 0 Å². The van der Waals surface area contributed by atoms with Crippen molar-refractivity contribution < 1.29 is 29.3 Å². The molecular weight excluding hydrogens is 386 g/mol. The number of carboxylic acid groups (broad SMARTS) is 1. The van der Waals surface area contributed by atoms with Gasteiger partial charge in [0.05, 0.1) is 11.1 Å². The second kappa shape index (κ2) is 8.02. The Kier molecular flexibility index (Phi) is 5.64. The second-order valence-electron chi connectivity index (χ2n) is 8.00. The molecule has 2 aromatic carbocycles. The molecule has 0 spiro atoms. The molecular formula is C23H23NO6. The molecule has 2 amide bonds. The first-order valence-electron chi connectivity index (χ1n) is 9.46. The summed E-state index contributed by atoms with van der Waals surface area (Å²) in [5.74, 6) is -2.04. The number of imide groups is 1. The van der Waals surface area contributed by atoms with Crippen LogP contribution >= 0.6 is 0 Å². The first kappa shape index (κ1) is 21.1. The topological polar surface area (TPSA) is 104 Å². The third kappa shape index (κ3) is 4.35. The van der Waals surface area contributed by atoms with Gasteiger partial charge in [0.15, 0.2) is 0 Å². The lowest BCUT2D eigenvalue weighted by molar-refractivity contribution is -0.124. The van der Waals surface area contributed by atoms with Crippen LogP contribution in [0.1, 0.15) is 42.3 Å². The maximum Gasteiger partial charge on any atom is 0.418 e. The van der Waals surface area contributed by atoms with E-state index in [-0.39, 0.29) is 23.3 Å². The summed E-state index contributed by atoms with van der Waals surface area (Å²) in [6.45, 7) is 5.07. The molecule has 3 rings (SSSR count). The van der Waals surface area contributed by atoms with Gasteiger partial charge in [-0.15, -0.1) is 0 Å². The monoisotopic (exact) mass is 409 g/mol. The lowest BCUT2D eigenvalue weighted by Crippen LogP contribution is -2.44. The second-order valence-corrected chi connectivity index (χ2v) is 8.00. The molecule has 7 nitrogen and oxygen atoms in total. The van der Waals surface area contributed by atoms with Crippen LogP contribution in [-0.2, 0) is 16.0 Å². The van der Waals surface area contributed by atoms with Gasteiger partial charge < -0.3 is 14.9 Å². The molecule has 0 saturated heterocycles. The van der Waals surface area contributed by atoms with Crippen LogP contribution in [0.4, 0.5) is 4.79 Å². The van der Waals surface area contributed by atoms with Crippen LogP contribution in [0.2, 0.25) is 0 Å². The highest BCUT2D eigenvalue weighted by atomic mass is 16.6. The zero-order valence-corrected chi connectivity index (χ0v) is 17.0. The van der Waals surface area contributed by atoms with Gasteiger partial charge in [-0.05, 0) is 44.0 Å². The SMILES string of the molecule is CC(C)(C)OC(=O)N1C(=O)C(c2ccc(C(=O)O)cc2)=C(O)[C@@H]1Cc1ccccc1. The highest BCUT2D eigenvalue weighted by Crippen LogP contribution is 2.34. The highest BCUT2D eigenvalue weighted by molar-refractivity contribution is 6.26. The van der Waals surface area contributed by atoms with Crippen LogP contribution in [0.3, 0.4) is 0 Å². The molecule has 0 aromatic heterocycles. The minimum atomic E-state index is -1.10. The standard InChI is InChI=1S/C23H23NO6/c1-23(2,3)30-22(29)24-17(13-14-7-5-4-6-8-14)19(25)18(20(24)26)15-9-11-16(12-10-15)21(27)28/h4-12,17,25H,13H2,1-3H3,(H,27,28)/t17-/m0/s1. The molecule has 1 heterocycles. The number of rotatable bonds is 4. The Balaban J connectivity index is 2.02. The predicted molar refractivity (Wildman–Crippen MR) is 110 cm³/mol. The van der Waals surface area contributed by atoms with Gasteiger partial charge in [0.2, 0.25) is 0 Å². The van der Waals surface area contributed by atoms with Crippen molar-refractivity contribution in [1.82, 2.24) is 4.90 Å². The summed E-state index contributed by atoms with van der Waals surface area (Å²) in [6.07, 6.45) is -0.633. The van der Waals surface area contributed by atoms with Crippen LogP contribution in [0.15, 0.2) is 60.4 Å². The van der Waals surface area contributed by atoms with Crippen molar-refractivity contribution in [2.75, 3.05) is 0 Å². The van der Waals surface area contributed by atoms with E-state index in [1.165, 1.54) is 24.3 Å². The number of hydrogen-bond donors (Lipinski definition) is 2. The van der Waals surface area contributed by atoms with Crippen LogP contribution in [-0.4, -0.2) is 44.7 Å². The summed E-state index contributed by atoms with van der Waals surface area (Å²) >= 11 is 0. The van der Waals surface area contributed by atoms with Gasteiger partial charge in [-0.1, -0.05) is 42.5 Å². The molecule has 7 heteroatoms. The fourth-order valence-corrected chi connectivity index (χ4v) is 3.26. The van der Waals surface area contributed by atoms with Crippen molar-refractivity contribution in [2.24, 2.45) is 0 Å². The molecule has 0 saturated carbocycles. The van der Waals surface area contributed by atoms with E-state index in [1.807, 2.05) is 30.3 Å². The summed E-state index contributed by atoms with van der Waals surface area (Å²) in [5.41, 5.74) is 0.341. The summed E-state index contributed by atoms with van der Waals surface area (Å²) in [5, 5.41) is 20.0. The summed E-state index contributed by atoms with van der Waals surface area (Å²) < 4.78 is 5.39. The van der Waals surface area contributed by atoms with Gasteiger partial charge in [-0.3, -0.25) is 4.79 Å². The van der Waals surface area contributed by atoms with Crippen LogP contribution in [0, 0.1) is 0 Å². The number of ether oxygens (including phenoxy) is 1. The van der Waals surface area contributed by atoms with E-state index >= 15 is 0 Å². The molecule has 0 aliphatic carbocycles. The average Bonchev–Trinajstić information content (AvgIpc) is 2.91. The summed E-state index contributed by atoms with van der Waals surface area (Å²) in [6, 6.07) is 13.8. The first-order valence-corrected chi connectivity index (χ1v) is 9.46. The van der Waals surface area contributed by atoms with Gasteiger partial charge in [0.25, 0.3) is 5.91 Å². The Morgan fingerprint density at radius 1 is 1.03 bits per heavy atom.